The zero-order valence-electron chi connectivity index (χ0n) is 5.15. The second kappa shape index (κ2) is 2.03. The van der Waals surface area contributed by atoms with Crippen molar-refractivity contribution in [3.8, 4) is 0 Å². The molecule has 3 heteroatoms. The molecule has 0 saturated heterocycles. The Morgan fingerprint density at radius 3 is 2.88 bits per heavy atom. The molecule has 1 aliphatic rings. The van der Waals surface area contributed by atoms with E-state index in [2.05, 4.69) is 5.32 Å². The molecule has 1 rings (SSSR count). The summed E-state index contributed by atoms with van der Waals surface area (Å²) in [4.78, 5) is 0. The summed E-state index contributed by atoms with van der Waals surface area (Å²) in [5, 5.41) is 3.05. The first kappa shape index (κ1) is 5.41. The van der Waals surface area contributed by atoms with Crippen LogP contribution in [0.2, 0.25) is 0 Å². The van der Waals surface area contributed by atoms with Crippen LogP contribution in [0.25, 0.3) is 0 Å². The SMILES string of the molecule is C[N+]1=C(N)NCCC1. The van der Waals surface area contributed by atoms with Crippen molar-refractivity contribution in [3.63, 3.8) is 0 Å². The van der Waals surface area contributed by atoms with E-state index in [-0.39, 0.29) is 0 Å². The van der Waals surface area contributed by atoms with E-state index < -0.39 is 0 Å². The third-order valence-electron chi connectivity index (χ3n) is 1.39. The summed E-state index contributed by atoms with van der Waals surface area (Å²) in [6.45, 7) is 2.11. The molecule has 1 aliphatic heterocycles. The van der Waals surface area contributed by atoms with Crippen molar-refractivity contribution < 1.29 is 4.58 Å². The van der Waals surface area contributed by atoms with Gasteiger partial charge in [-0.05, 0) is 0 Å². The summed E-state index contributed by atoms with van der Waals surface area (Å²) in [6.07, 6.45) is 1.19. The van der Waals surface area contributed by atoms with Gasteiger partial charge in [0.2, 0.25) is 0 Å². The van der Waals surface area contributed by atoms with E-state index in [0.29, 0.717) is 0 Å². The fourth-order valence-corrected chi connectivity index (χ4v) is 0.788. The molecule has 0 fully saturated rings. The first-order chi connectivity index (χ1) is 3.80. The van der Waals surface area contributed by atoms with Crippen molar-refractivity contribution in [2.75, 3.05) is 20.1 Å². The van der Waals surface area contributed by atoms with E-state index in [9.17, 15) is 0 Å². The van der Waals surface area contributed by atoms with Crippen LogP contribution in [0.3, 0.4) is 0 Å². The van der Waals surface area contributed by atoms with Gasteiger partial charge in [0.15, 0.2) is 0 Å². The second-order valence-corrected chi connectivity index (χ2v) is 2.09. The molecule has 0 aliphatic carbocycles. The molecule has 0 aromatic heterocycles. The van der Waals surface area contributed by atoms with Gasteiger partial charge in [0.05, 0.1) is 20.1 Å². The Morgan fingerprint density at radius 1 is 1.75 bits per heavy atom. The Balaban J connectivity index is 2.60. The summed E-state index contributed by atoms with van der Waals surface area (Å²) in [6, 6.07) is 0. The Kier molecular flexibility index (Phi) is 1.37. The normalized spacial score (nSPS) is 20.6. The molecular weight excluding hydrogens is 102 g/mol. The van der Waals surface area contributed by atoms with Crippen molar-refractivity contribution in [3.05, 3.63) is 0 Å². The number of nitrogens with zero attached hydrogens (tertiary/aromatic N) is 1. The molecule has 0 atom stereocenters. The lowest BCUT2D eigenvalue weighted by Gasteiger charge is -2.10. The average molecular weight is 114 g/mol. The molecular formula is C5H12N3+. The number of rotatable bonds is 0. The minimum absolute atomic E-state index is 0.802. The van der Waals surface area contributed by atoms with Crippen LogP contribution < -0.4 is 11.1 Å². The highest BCUT2D eigenvalue weighted by atomic mass is 15.2. The van der Waals surface area contributed by atoms with E-state index in [4.69, 9.17) is 5.73 Å². The fourth-order valence-electron chi connectivity index (χ4n) is 0.788. The highest BCUT2D eigenvalue weighted by Crippen LogP contribution is 1.82. The smallest absolute Gasteiger partial charge is 0.291 e. The number of nitrogens with one attached hydrogen (secondary N) is 1. The third-order valence-corrected chi connectivity index (χ3v) is 1.39. The van der Waals surface area contributed by atoms with Gasteiger partial charge in [-0.1, -0.05) is 0 Å². The minimum atomic E-state index is 0.802. The molecule has 0 amide bonds. The molecule has 0 unspecified atom stereocenters. The zero-order chi connectivity index (χ0) is 5.98. The molecule has 0 radical (unpaired) electrons. The monoisotopic (exact) mass is 114 g/mol. The van der Waals surface area contributed by atoms with Crippen molar-refractivity contribution >= 4 is 5.96 Å². The van der Waals surface area contributed by atoms with E-state index in [1.165, 1.54) is 6.42 Å². The second-order valence-electron chi connectivity index (χ2n) is 2.09. The Morgan fingerprint density at radius 2 is 2.50 bits per heavy atom. The highest BCUT2D eigenvalue weighted by Gasteiger charge is 2.07. The molecule has 46 valence electrons. The van der Waals surface area contributed by atoms with Gasteiger partial charge < -0.3 is 0 Å². The number of hydrogen-bond donors (Lipinski definition) is 2. The van der Waals surface area contributed by atoms with Crippen LogP contribution in [0.15, 0.2) is 0 Å². The lowest BCUT2D eigenvalue weighted by molar-refractivity contribution is -0.504. The largest absolute Gasteiger partial charge is 0.343 e. The van der Waals surface area contributed by atoms with Crippen molar-refractivity contribution in [1.29, 1.82) is 0 Å². The van der Waals surface area contributed by atoms with Crippen molar-refractivity contribution in [2.24, 2.45) is 5.73 Å². The van der Waals surface area contributed by atoms with Crippen LogP contribution >= 0.6 is 0 Å². The van der Waals surface area contributed by atoms with Gasteiger partial charge in [-0.25, -0.2) is 0 Å². The Hall–Kier alpha value is -0.730. The number of guanidine groups is 1. The summed E-state index contributed by atoms with van der Waals surface area (Å²) in [7, 11) is 1.99. The minimum Gasteiger partial charge on any atom is -0.291 e. The van der Waals surface area contributed by atoms with Gasteiger partial charge in [-0.15, -0.1) is 0 Å². The molecule has 0 aromatic rings. The predicted molar refractivity (Wildman–Crippen MR) is 32.9 cm³/mol. The Labute approximate surface area is 49.2 Å². The maximum atomic E-state index is 5.51. The van der Waals surface area contributed by atoms with Gasteiger partial charge in [-0.3, -0.25) is 15.6 Å². The molecule has 3 N–H and O–H groups in total. The van der Waals surface area contributed by atoms with E-state index in [0.717, 1.165) is 19.0 Å². The van der Waals surface area contributed by atoms with Crippen LogP contribution in [0.5, 0.6) is 0 Å². The maximum Gasteiger partial charge on any atom is 0.343 e. The van der Waals surface area contributed by atoms with E-state index in [1.807, 2.05) is 11.6 Å². The first-order valence-corrected chi connectivity index (χ1v) is 2.88. The maximum absolute atomic E-state index is 5.51. The fraction of sp³-hybridized carbons (Fsp3) is 0.800. The Bertz CT molecular complexity index is 103. The molecule has 3 nitrogen and oxygen atoms in total. The molecule has 0 bridgehead atoms. The lowest BCUT2D eigenvalue weighted by Crippen LogP contribution is -2.44. The van der Waals surface area contributed by atoms with Crippen LogP contribution in [-0.2, 0) is 0 Å². The van der Waals surface area contributed by atoms with E-state index in [1.54, 1.807) is 0 Å². The molecule has 0 spiro atoms. The van der Waals surface area contributed by atoms with Crippen LogP contribution in [0.1, 0.15) is 6.42 Å². The van der Waals surface area contributed by atoms with Gasteiger partial charge in [0.25, 0.3) is 0 Å². The van der Waals surface area contributed by atoms with Gasteiger partial charge in [0.1, 0.15) is 0 Å². The zero-order valence-corrected chi connectivity index (χ0v) is 5.15. The predicted octanol–water partition coefficient (Wildman–Crippen LogP) is -1.06. The summed E-state index contributed by atoms with van der Waals surface area (Å²) in [5.74, 6) is 0.802. The topological polar surface area (TPSA) is 41.1 Å². The highest BCUT2D eigenvalue weighted by molar-refractivity contribution is 5.72. The molecule has 8 heavy (non-hydrogen) atoms. The number of nitrogens with two attached hydrogens (primary N) is 1. The summed E-state index contributed by atoms with van der Waals surface area (Å²) >= 11 is 0. The van der Waals surface area contributed by atoms with E-state index >= 15 is 0 Å². The standard InChI is InChI=1S/C5H11N3/c1-8-4-2-3-7-5(8)6/h2-4H2,1H3,(H2,6,7)/p+1. The summed E-state index contributed by atoms with van der Waals surface area (Å²) < 4.78 is 2.02. The quantitative estimate of drug-likeness (QED) is 0.394. The molecule has 0 aromatic carbocycles. The van der Waals surface area contributed by atoms with Gasteiger partial charge >= 0.3 is 5.96 Å². The first-order valence-electron chi connectivity index (χ1n) is 2.88. The lowest BCUT2D eigenvalue weighted by atomic mass is 10.4. The van der Waals surface area contributed by atoms with Crippen LogP contribution in [0.4, 0.5) is 0 Å². The summed E-state index contributed by atoms with van der Waals surface area (Å²) in [5.41, 5.74) is 5.51. The molecule has 1 heterocycles. The van der Waals surface area contributed by atoms with Crippen molar-refractivity contribution in [2.45, 2.75) is 6.42 Å². The van der Waals surface area contributed by atoms with Gasteiger partial charge in [-0.2, -0.15) is 0 Å². The van der Waals surface area contributed by atoms with Gasteiger partial charge in [0, 0.05) is 6.42 Å². The average Bonchev–Trinajstić information content (AvgIpc) is 1.77. The van der Waals surface area contributed by atoms with Crippen molar-refractivity contribution in [1.82, 2.24) is 5.32 Å². The van der Waals surface area contributed by atoms with Crippen LogP contribution in [0, 0.1) is 0 Å². The molecule has 0 saturated carbocycles. The number of hydrogen-bond acceptors (Lipinski definition) is 2. The van der Waals surface area contributed by atoms with Crippen LogP contribution in [-0.4, -0.2) is 30.7 Å². The third kappa shape index (κ3) is 0.911.